The first kappa shape index (κ1) is 9.11. The standard InChI is InChI=1S/C6H8N2O3S/c1-11-8-12(9,10)6-3-2-4-7-5-6/h2-5,8H,1H3. The first-order valence-electron chi connectivity index (χ1n) is 3.11. The van der Waals surface area contributed by atoms with Crippen LogP contribution in [0, 0.1) is 0 Å². The van der Waals surface area contributed by atoms with Crippen LogP contribution >= 0.6 is 0 Å². The van der Waals surface area contributed by atoms with Crippen LogP contribution in [-0.4, -0.2) is 20.5 Å². The van der Waals surface area contributed by atoms with Gasteiger partial charge in [-0.05, 0) is 12.1 Å². The Labute approximate surface area is 70.4 Å². The van der Waals surface area contributed by atoms with Gasteiger partial charge in [-0.3, -0.25) is 9.82 Å². The Morgan fingerprint density at radius 2 is 2.33 bits per heavy atom. The molecule has 0 unspecified atom stereocenters. The number of rotatable bonds is 3. The highest BCUT2D eigenvalue weighted by Gasteiger charge is 2.12. The molecule has 0 fully saturated rings. The molecule has 66 valence electrons. The molecule has 0 saturated carbocycles. The summed E-state index contributed by atoms with van der Waals surface area (Å²) in [6.45, 7) is 0. The van der Waals surface area contributed by atoms with Gasteiger partial charge in [0.2, 0.25) is 0 Å². The summed E-state index contributed by atoms with van der Waals surface area (Å²) in [4.78, 5) is 9.90. The lowest BCUT2D eigenvalue weighted by molar-refractivity contribution is 0.153. The lowest BCUT2D eigenvalue weighted by Crippen LogP contribution is -2.22. The molecule has 0 saturated heterocycles. The van der Waals surface area contributed by atoms with Crippen LogP contribution in [0.5, 0.6) is 0 Å². The van der Waals surface area contributed by atoms with Gasteiger partial charge < -0.3 is 0 Å². The number of nitrogens with one attached hydrogen (secondary N) is 1. The topological polar surface area (TPSA) is 68.3 Å². The highest BCUT2D eigenvalue weighted by atomic mass is 32.2. The fraction of sp³-hybridized carbons (Fsp3) is 0.167. The van der Waals surface area contributed by atoms with E-state index in [1.807, 2.05) is 4.89 Å². The van der Waals surface area contributed by atoms with Crippen LogP contribution < -0.4 is 4.89 Å². The predicted molar refractivity (Wildman–Crippen MR) is 41.6 cm³/mol. The van der Waals surface area contributed by atoms with E-state index in [4.69, 9.17) is 0 Å². The lowest BCUT2D eigenvalue weighted by atomic mass is 10.5. The fourth-order valence-corrected chi connectivity index (χ4v) is 1.44. The number of hydrogen-bond acceptors (Lipinski definition) is 4. The minimum Gasteiger partial charge on any atom is -0.290 e. The number of aromatic nitrogens is 1. The van der Waals surface area contributed by atoms with Gasteiger partial charge >= 0.3 is 0 Å². The quantitative estimate of drug-likeness (QED) is 0.674. The van der Waals surface area contributed by atoms with E-state index >= 15 is 0 Å². The maximum atomic E-state index is 11.2. The van der Waals surface area contributed by atoms with Crippen LogP contribution in [0.25, 0.3) is 0 Å². The van der Waals surface area contributed by atoms with Gasteiger partial charge in [0, 0.05) is 12.4 Å². The molecule has 0 aliphatic rings. The van der Waals surface area contributed by atoms with E-state index in [1.54, 1.807) is 0 Å². The van der Waals surface area contributed by atoms with Gasteiger partial charge in [0.25, 0.3) is 10.0 Å². The molecule has 0 spiro atoms. The molecule has 0 aliphatic carbocycles. The van der Waals surface area contributed by atoms with Crippen molar-refractivity contribution >= 4 is 10.0 Å². The third-order valence-corrected chi connectivity index (χ3v) is 2.39. The molecule has 1 rings (SSSR count). The molecule has 1 aromatic heterocycles. The van der Waals surface area contributed by atoms with Crippen molar-refractivity contribution in [3.05, 3.63) is 24.5 Å². The predicted octanol–water partition coefficient (Wildman–Crippen LogP) is -0.0787. The van der Waals surface area contributed by atoms with Gasteiger partial charge in [-0.25, -0.2) is 8.42 Å². The fourth-order valence-electron chi connectivity index (χ4n) is 0.664. The molecule has 0 aromatic carbocycles. The second kappa shape index (κ2) is 3.61. The average molecular weight is 188 g/mol. The van der Waals surface area contributed by atoms with Gasteiger partial charge in [0.1, 0.15) is 4.90 Å². The van der Waals surface area contributed by atoms with E-state index < -0.39 is 10.0 Å². The zero-order valence-corrected chi connectivity index (χ0v) is 7.21. The van der Waals surface area contributed by atoms with Crippen LogP contribution in [0.1, 0.15) is 0 Å². The van der Waals surface area contributed by atoms with Crippen molar-refractivity contribution < 1.29 is 13.3 Å². The van der Waals surface area contributed by atoms with Gasteiger partial charge in [-0.15, -0.1) is 0 Å². The van der Waals surface area contributed by atoms with Crippen LogP contribution in [0.15, 0.2) is 29.4 Å². The second-order valence-electron chi connectivity index (χ2n) is 1.98. The van der Waals surface area contributed by atoms with E-state index in [0.717, 1.165) is 0 Å². The maximum Gasteiger partial charge on any atom is 0.263 e. The Morgan fingerprint density at radius 1 is 1.58 bits per heavy atom. The van der Waals surface area contributed by atoms with E-state index in [1.165, 1.54) is 31.6 Å². The summed E-state index contributed by atoms with van der Waals surface area (Å²) >= 11 is 0. The van der Waals surface area contributed by atoms with E-state index in [-0.39, 0.29) is 4.90 Å². The maximum absolute atomic E-state index is 11.2. The van der Waals surface area contributed by atoms with Crippen LogP contribution in [-0.2, 0) is 14.9 Å². The number of nitrogens with zero attached hydrogens (tertiary/aromatic N) is 1. The molecule has 0 amide bonds. The van der Waals surface area contributed by atoms with Crippen molar-refractivity contribution in [1.82, 2.24) is 9.87 Å². The normalized spacial score (nSPS) is 11.4. The summed E-state index contributed by atoms with van der Waals surface area (Å²) in [6.07, 6.45) is 2.73. The average Bonchev–Trinajstić information content (AvgIpc) is 2.06. The first-order chi connectivity index (χ1) is 5.67. The third-order valence-electron chi connectivity index (χ3n) is 1.14. The Kier molecular flexibility index (Phi) is 2.74. The summed E-state index contributed by atoms with van der Waals surface area (Å²) in [7, 11) is -2.31. The summed E-state index contributed by atoms with van der Waals surface area (Å²) in [5, 5.41) is 0. The van der Waals surface area contributed by atoms with E-state index in [9.17, 15) is 8.42 Å². The molecule has 12 heavy (non-hydrogen) atoms. The van der Waals surface area contributed by atoms with Gasteiger partial charge in [-0.2, -0.15) is 0 Å². The molecule has 0 radical (unpaired) electrons. The second-order valence-corrected chi connectivity index (χ2v) is 3.62. The Balaban J connectivity index is 2.99. The van der Waals surface area contributed by atoms with Gasteiger partial charge in [0.15, 0.2) is 0 Å². The van der Waals surface area contributed by atoms with E-state index in [2.05, 4.69) is 9.82 Å². The van der Waals surface area contributed by atoms with Gasteiger partial charge in [-0.1, -0.05) is 4.89 Å². The molecule has 6 heteroatoms. The van der Waals surface area contributed by atoms with Gasteiger partial charge in [0.05, 0.1) is 7.11 Å². The highest BCUT2D eigenvalue weighted by Crippen LogP contribution is 2.04. The molecule has 5 nitrogen and oxygen atoms in total. The highest BCUT2D eigenvalue weighted by molar-refractivity contribution is 7.89. The molecule has 0 atom stereocenters. The van der Waals surface area contributed by atoms with Crippen LogP contribution in [0.4, 0.5) is 0 Å². The smallest absolute Gasteiger partial charge is 0.263 e. The van der Waals surface area contributed by atoms with Crippen molar-refractivity contribution in [2.75, 3.05) is 7.11 Å². The summed E-state index contributed by atoms with van der Waals surface area (Å²) in [6, 6.07) is 2.96. The van der Waals surface area contributed by atoms with Crippen LogP contribution in [0.2, 0.25) is 0 Å². The zero-order valence-electron chi connectivity index (χ0n) is 6.39. The summed E-state index contributed by atoms with van der Waals surface area (Å²) in [5.41, 5.74) is 0. The number of pyridine rings is 1. The molecule has 1 heterocycles. The van der Waals surface area contributed by atoms with Crippen molar-refractivity contribution in [2.45, 2.75) is 4.90 Å². The zero-order chi connectivity index (χ0) is 9.03. The molecular weight excluding hydrogens is 180 g/mol. The monoisotopic (exact) mass is 188 g/mol. The van der Waals surface area contributed by atoms with Crippen molar-refractivity contribution in [3.8, 4) is 0 Å². The van der Waals surface area contributed by atoms with Crippen molar-refractivity contribution in [2.24, 2.45) is 0 Å². The number of hydrogen-bond donors (Lipinski definition) is 1. The molecular formula is C6H8N2O3S. The van der Waals surface area contributed by atoms with Crippen molar-refractivity contribution in [3.63, 3.8) is 0 Å². The minimum absolute atomic E-state index is 0.0758. The Bertz CT molecular complexity index is 335. The minimum atomic E-state index is -3.55. The molecule has 0 bridgehead atoms. The third kappa shape index (κ3) is 2.00. The molecule has 0 aliphatic heterocycles. The summed E-state index contributed by atoms with van der Waals surface area (Å²) < 4.78 is 22.3. The SMILES string of the molecule is CONS(=O)(=O)c1cccnc1. The molecule has 1 aromatic rings. The largest absolute Gasteiger partial charge is 0.290 e. The number of sulfonamides is 1. The Morgan fingerprint density at radius 3 is 2.83 bits per heavy atom. The molecule has 1 N–H and O–H groups in total. The lowest BCUT2D eigenvalue weighted by Gasteiger charge is -2.01. The van der Waals surface area contributed by atoms with E-state index in [0.29, 0.717) is 0 Å². The van der Waals surface area contributed by atoms with Crippen molar-refractivity contribution in [1.29, 1.82) is 0 Å². The first-order valence-corrected chi connectivity index (χ1v) is 4.60. The Hall–Kier alpha value is -0.980. The van der Waals surface area contributed by atoms with Crippen LogP contribution in [0.3, 0.4) is 0 Å². The summed E-state index contributed by atoms with van der Waals surface area (Å²) in [5.74, 6) is 0.